The summed E-state index contributed by atoms with van der Waals surface area (Å²) in [6.45, 7) is 8.26. The van der Waals surface area contributed by atoms with Crippen molar-refractivity contribution in [2.24, 2.45) is 5.92 Å². The van der Waals surface area contributed by atoms with Gasteiger partial charge < -0.3 is 5.32 Å². The number of carbonyl (C=O) groups excluding carboxylic acids is 1. The molecule has 0 saturated carbocycles. The average Bonchev–Trinajstić information content (AvgIpc) is 2.62. The van der Waals surface area contributed by atoms with Gasteiger partial charge in [-0.15, -0.1) is 0 Å². The number of rotatable bonds is 6. The molecule has 4 heteroatoms. The Morgan fingerprint density at radius 1 is 1.00 bits per heavy atom. The number of halogens is 2. The molecule has 2 aromatic carbocycles. The highest BCUT2D eigenvalue weighted by molar-refractivity contribution is 6.42. The highest BCUT2D eigenvalue weighted by Gasteiger charge is 2.12. The van der Waals surface area contributed by atoms with Crippen LogP contribution in [0.4, 0.5) is 0 Å². The van der Waals surface area contributed by atoms with Crippen molar-refractivity contribution in [1.82, 2.24) is 5.32 Å². The molecule has 0 aliphatic heterocycles. The minimum Gasteiger partial charge on any atom is -0.349 e. The van der Waals surface area contributed by atoms with Gasteiger partial charge in [0.05, 0.1) is 10.0 Å². The molecule has 0 aliphatic carbocycles. The Hall–Kier alpha value is -1.77. The summed E-state index contributed by atoms with van der Waals surface area (Å²) in [7, 11) is 0. The minimum atomic E-state index is -0.0275. The summed E-state index contributed by atoms with van der Waals surface area (Å²) < 4.78 is 0. The highest BCUT2D eigenvalue weighted by Crippen LogP contribution is 2.26. The zero-order chi connectivity index (χ0) is 19.3. The third-order valence-electron chi connectivity index (χ3n) is 4.59. The third-order valence-corrected chi connectivity index (χ3v) is 5.33. The van der Waals surface area contributed by atoms with E-state index >= 15 is 0 Å². The molecule has 0 radical (unpaired) electrons. The van der Waals surface area contributed by atoms with Gasteiger partial charge in [0.25, 0.3) is 5.91 Å². The molecule has 2 aromatic rings. The molecular formula is C22H25Cl2NO. The molecule has 26 heavy (non-hydrogen) atoms. The van der Waals surface area contributed by atoms with Crippen LogP contribution in [0.5, 0.6) is 0 Å². The maximum atomic E-state index is 12.2. The van der Waals surface area contributed by atoms with Crippen LogP contribution in [0.2, 0.25) is 10.0 Å². The van der Waals surface area contributed by atoms with Crippen LogP contribution in [0.25, 0.3) is 5.57 Å². The van der Waals surface area contributed by atoms with Crippen molar-refractivity contribution < 1.29 is 4.79 Å². The topological polar surface area (TPSA) is 29.1 Å². The van der Waals surface area contributed by atoms with Gasteiger partial charge in [-0.2, -0.15) is 0 Å². The molecule has 0 bridgehead atoms. The molecule has 1 N–H and O–H groups in total. The Morgan fingerprint density at radius 2 is 1.62 bits per heavy atom. The largest absolute Gasteiger partial charge is 0.349 e. The lowest BCUT2D eigenvalue weighted by molar-refractivity contribution is 0.0930. The predicted octanol–water partition coefficient (Wildman–Crippen LogP) is 6.41. The fraction of sp³-hybridized carbons (Fsp3) is 0.318. The highest BCUT2D eigenvalue weighted by atomic mass is 35.5. The predicted molar refractivity (Wildman–Crippen MR) is 112 cm³/mol. The fourth-order valence-corrected chi connectivity index (χ4v) is 2.68. The number of amides is 1. The molecule has 0 aliphatic rings. The second kappa shape index (κ2) is 9.25. The molecule has 0 heterocycles. The van der Waals surface area contributed by atoms with Gasteiger partial charge in [0, 0.05) is 11.6 Å². The van der Waals surface area contributed by atoms with E-state index in [-0.39, 0.29) is 11.9 Å². The van der Waals surface area contributed by atoms with Crippen molar-refractivity contribution in [2.75, 3.05) is 0 Å². The Balaban J connectivity index is 2.02. The van der Waals surface area contributed by atoms with Gasteiger partial charge in [-0.05, 0) is 67.2 Å². The number of hydrogen-bond acceptors (Lipinski definition) is 1. The molecule has 0 saturated heterocycles. The molecule has 0 fully saturated rings. The van der Waals surface area contributed by atoms with Crippen molar-refractivity contribution >= 4 is 34.7 Å². The summed E-state index contributed by atoms with van der Waals surface area (Å²) in [4.78, 5) is 12.2. The van der Waals surface area contributed by atoms with Gasteiger partial charge in [0.1, 0.15) is 0 Å². The Labute approximate surface area is 166 Å². The minimum absolute atomic E-state index is 0.0275. The average molecular weight is 390 g/mol. The van der Waals surface area contributed by atoms with E-state index in [0.717, 1.165) is 23.1 Å². The van der Waals surface area contributed by atoms with Crippen LogP contribution in [0.3, 0.4) is 0 Å². The van der Waals surface area contributed by atoms with Crippen molar-refractivity contribution in [1.29, 1.82) is 0 Å². The van der Waals surface area contributed by atoms with E-state index < -0.39 is 0 Å². The summed E-state index contributed by atoms with van der Waals surface area (Å²) in [6.07, 6.45) is 2.94. The van der Waals surface area contributed by atoms with E-state index in [1.807, 2.05) is 49.4 Å². The molecule has 2 rings (SSSR count). The molecule has 138 valence electrons. The number of allylic oxidation sites excluding steroid dienone is 2. The van der Waals surface area contributed by atoms with Gasteiger partial charge in [-0.25, -0.2) is 0 Å². The summed E-state index contributed by atoms with van der Waals surface area (Å²) in [5, 5.41) is 4.14. The molecule has 0 aromatic heterocycles. The first-order chi connectivity index (χ1) is 12.3. The lowest BCUT2D eigenvalue weighted by Gasteiger charge is -2.17. The zero-order valence-corrected chi connectivity index (χ0v) is 17.2. The maximum absolute atomic E-state index is 12.2. The van der Waals surface area contributed by atoms with Crippen molar-refractivity contribution in [2.45, 2.75) is 40.2 Å². The number of benzene rings is 2. The normalized spacial score (nSPS) is 13.0. The zero-order valence-electron chi connectivity index (χ0n) is 15.6. The van der Waals surface area contributed by atoms with E-state index in [4.69, 9.17) is 23.2 Å². The van der Waals surface area contributed by atoms with Crippen LogP contribution in [0, 0.1) is 5.92 Å². The standard InChI is InChI=1S/C22H25Cl2NO/c1-14(2)16(4)25-22(26)18-9-7-17(8-10-18)6-5-15(3)19-11-12-20(23)21(24)13-19/h5,7-14,16H,6H2,1-4H3,(H,25,26)/b15-5+. The molecular weight excluding hydrogens is 365 g/mol. The first-order valence-electron chi connectivity index (χ1n) is 8.80. The first kappa shape index (κ1) is 20.5. The summed E-state index contributed by atoms with van der Waals surface area (Å²) in [5.41, 5.74) is 4.03. The van der Waals surface area contributed by atoms with Gasteiger partial charge >= 0.3 is 0 Å². The Kier molecular flexibility index (Phi) is 7.31. The van der Waals surface area contributed by atoms with Crippen LogP contribution in [0.15, 0.2) is 48.5 Å². The van der Waals surface area contributed by atoms with Gasteiger partial charge in [0.2, 0.25) is 0 Å². The lowest BCUT2D eigenvalue weighted by atomic mass is 10.0. The molecule has 2 nitrogen and oxygen atoms in total. The lowest BCUT2D eigenvalue weighted by Crippen LogP contribution is -2.36. The number of hydrogen-bond donors (Lipinski definition) is 1. The SMILES string of the molecule is C/C(=C\Cc1ccc(C(=O)NC(C)C(C)C)cc1)c1ccc(Cl)c(Cl)c1. The van der Waals surface area contributed by atoms with Crippen molar-refractivity contribution in [3.05, 3.63) is 75.3 Å². The van der Waals surface area contributed by atoms with Crippen molar-refractivity contribution in [3.8, 4) is 0 Å². The molecule has 1 amide bonds. The van der Waals surface area contributed by atoms with E-state index in [1.165, 1.54) is 0 Å². The molecule has 0 spiro atoms. The van der Waals surface area contributed by atoms with Crippen LogP contribution in [-0.4, -0.2) is 11.9 Å². The summed E-state index contributed by atoms with van der Waals surface area (Å²) in [6, 6.07) is 13.5. The maximum Gasteiger partial charge on any atom is 0.251 e. The smallest absolute Gasteiger partial charge is 0.251 e. The second-order valence-corrected chi connectivity index (χ2v) is 7.74. The molecule has 1 atom stereocenters. The van der Waals surface area contributed by atoms with E-state index in [2.05, 4.69) is 32.2 Å². The quantitative estimate of drug-likeness (QED) is 0.606. The van der Waals surface area contributed by atoms with Gasteiger partial charge in [0.15, 0.2) is 0 Å². The summed E-state index contributed by atoms with van der Waals surface area (Å²) >= 11 is 12.0. The van der Waals surface area contributed by atoms with E-state index in [0.29, 0.717) is 21.5 Å². The summed E-state index contributed by atoms with van der Waals surface area (Å²) in [5.74, 6) is 0.382. The monoisotopic (exact) mass is 389 g/mol. The second-order valence-electron chi connectivity index (χ2n) is 6.92. The Bertz CT molecular complexity index is 794. The number of nitrogens with one attached hydrogen (secondary N) is 1. The first-order valence-corrected chi connectivity index (χ1v) is 9.55. The Morgan fingerprint density at radius 3 is 2.19 bits per heavy atom. The molecule has 1 unspecified atom stereocenters. The third kappa shape index (κ3) is 5.62. The number of carbonyl (C=O) groups is 1. The van der Waals surface area contributed by atoms with Crippen molar-refractivity contribution in [3.63, 3.8) is 0 Å². The van der Waals surface area contributed by atoms with Gasteiger partial charge in [-0.1, -0.05) is 61.3 Å². The van der Waals surface area contributed by atoms with Crippen LogP contribution in [-0.2, 0) is 6.42 Å². The fourth-order valence-electron chi connectivity index (χ4n) is 2.38. The van der Waals surface area contributed by atoms with Crippen LogP contribution in [0.1, 0.15) is 49.2 Å². The van der Waals surface area contributed by atoms with Gasteiger partial charge in [-0.3, -0.25) is 4.79 Å². The van der Waals surface area contributed by atoms with Crippen LogP contribution < -0.4 is 5.32 Å². The van der Waals surface area contributed by atoms with Crippen LogP contribution >= 0.6 is 23.2 Å². The van der Waals surface area contributed by atoms with E-state index in [1.54, 1.807) is 0 Å². The van der Waals surface area contributed by atoms with E-state index in [9.17, 15) is 4.79 Å².